The molecule has 1 aromatic heterocycles. The van der Waals surface area contributed by atoms with Crippen LogP contribution in [-0.4, -0.2) is 12.1 Å². The third kappa shape index (κ3) is 1.94. The average Bonchev–Trinajstić information content (AvgIpc) is 2.37. The first kappa shape index (κ1) is 7.98. The number of hydrogen-bond donors (Lipinski definition) is 0. The first-order valence-electron chi connectivity index (χ1n) is 2.85. The predicted molar refractivity (Wildman–Crippen MR) is 42.4 cm³/mol. The third-order valence-electron chi connectivity index (χ3n) is 1.00. The van der Waals surface area contributed by atoms with Gasteiger partial charge in [0.15, 0.2) is 0 Å². The minimum absolute atomic E-state index is 0.543. The van der Waals surface area contributed by atoms with Gasteiger partial charge in [-0.15, -0.1) is 22.9 Å². The summed E-state index contributed by atoms with van der Waals surface area (Å²) in [6.45, 7) is 0.585. The van der Waals surface area contributed by atoms with Gasteiger partial charge in [0, 0.05) is 18.2 Å². The lowest BCUT2D eigenvalue weighted by Gasteiger charge is -1.88. The second-order valence-electron chi connectivity index (χ2n) is 1.79. The standard InChI is InChI=1S/C6H8ClNOS/c1-9-4-6-8-3-5(2-7)10-6/h3H,2,4H2,1H3. The van der Waals surface area contributed by atoms with Gasteiger partial charge >= 0.3 is 0 Å². The fourth-order valence-electron chi connectivity index (χ4n) is 0.600. The molecule has 0 radical (unpaired) electrons. The van der Waals surface area contributed by atoms with E-state index in [4.69, 9.17) is 16.3 Å². The SMILES string of the molecule is COCc1ncc(CCl)s1. The Kier molecular flexibility index (Phi) is 3.12. The number of thiazole rings is 1. The molecule has 56 valence electrons. The van der Waals surface area contributed by atoms with Crippen LogP contribution in [0.1, 0.15) is 9.88 Å². The summed E-state index contributed by atoms with van der Waals surface area (Å²) in [6.07, 6.45) is 1.78. The summed E-state index contributed by atoms with van der Waals surface area (Å²) in [5, 5.41) is 0.984. The van der Waals surface area contributed by atoms with Crippen LogP contribution in [0, 0.1) is 0 Å². The highest BCUT2D eigenvalue weighted by molar-refractivity contribution is 7.11. The fraction of sp³-hybridized carbons (Fsp3) is 0.500. The van der Waals surface area contributed by atoms with Crippen LogP contribution in [0.15, 0.2) is 6.20 Å². The molecule has 0 fully saturated rings. The molecule has 0 saturated heterocycles. The van der Waals surface area contributed by atoms with Gasteiger partial charge in [-0.25, -0.2) is 4.98 Å². The summed E-state index contributed by atoms with van der Waals surface area (Å²) in [5.41, 5.74) is 0. The number of alkyl halides is 1. The Morgan fingerprint density at radius 2 is 2.60 bits per heavy atom. The zero-order valence-corrected chi connectivity index (χ0v) is 7.21. The molecule has 10 heavy (non-hydrogen) atoms. The zero-order valence-electron chi connectivity index (χ0n) is 5.63. The lowest BCUT2D eigenvalue weighted by atomic mass is 10.6. The molecule has 0 aromatic carbocycles. The van der Waals surface area contributed by atoms with E-state index in [1.54, 1.807) is 24.6 Å². The Hall–Kier alpha value is -0.120. The number of nitrogens with zero attached hydrogens (tertiary/aromatic N) is 1. The van der Waals surface area contributed by atoms with Crippen molar-refractivity contribution in [3.05, 3.63) is 16.1 Å². The number of hydrogen-bond acceptors (Lipinski definition) is 3. The van der Waals surface area contributed by atoms with Crippen LogP contribution < -0.4 is 0 Å². The van der Waals surface area contributed by atoms with Crippen molar-refractivity contribution >= 4 is 22.9 Å². The maximum atomic E-state index is 5.57. The van der Waals surface area contributed by atoms with E-state index in [-0.39, 0.29) is 0 Å². The van der Waals surface area contributed by atoms with Gasteiger partial charge in [0.25, 0.3) is 0 Å². The molecule has 4 heteroatoms. The molecule has 0 atom stereocenters. The van der Waals surface area contributed by atoms with Crippen molar-refractivity contribution in [3.8, 4) is 0 Å². The van der Waals surface area contributed by atoms with E-state index in [0.717, 1.165) is 9.88 Å². The minimum atomic E-state index is 0.543. The summed E-state index contributed by atoms with van der Waals surface area (Å²) < 4.78 is 4.89. The van der Waals surface area contributed by atoms with Crippen molar-refractivity contribution in [3.63, 3.8) is 0 Å². The van der Waals surface area contributed by atoms with Crippen LogP contribution in [-0.2, 0) is 17.2 Å². The van der Waals surface area contributed by atoms with Gasteiger partial charge in [-0.05, 0) is 0 Å². The molecule has 0 N–H and O–H groups in total. The molecular formula is C6H8ClNOS. The molecule has 0 aliphatic rings. The number of rotatable bonds is 3. The Labute approximate surface area is 68.8 Å². The first-order chi connectivity index (χ1) is 4.86. The monoisotopic (exact) mass is 177 g/mol. The molecular weight excluding hydrogens is 170 g/mol. The second-order valence-corrected chi connectivity index (χ2v) is 3.25. The van der Waals surface area contributed by atoms with Crippen LogP contribution in [0.2, 0.25) is 0 Å². The summed E-state index contributed by atoms with van der Waals surface area (Å²) in [6, 6.07) is 0. The third-order valence-corrected chi connectivity index (χ3v) is 2.42. The molecule has 0 aliphatic carbocycles. The molecule has 0 saturated carbocycles. The van der Waals surface area contributed by atoms with Gasteiger partial charge in [0.05, 0.1) is 12.5 Å². The van der Waals surface area contributed by atoms with E-state index in [0.29, 0.717) is 12.5 Å². The Balaban J connectivity index is 2.59. The normalized spacial score (nSPS) is 10.2. The lowest BCUT2D eigenvalue weighted by Crippen LogP contribution is -1.82. The van der Waals surface area contributed by atoms with Gasteiger partial charge in [-0.2, -0.15) is 0 Å². The van der Waals surface area contributed by atoms with Crippen LogP contribution >= 0.6 is 22.9 Å². The number of aromatic nitrogens is 1. The second kappa shape index (κ2) is 3.91. The van der Waals surface area contributed by atoms with Crippen molar-refractivity contribution in [2.24, 2.45) is 0 Å². The minimum Gasteiger partial charge on any atom is -0.378 e. The topological polar surface area (TPSA) is 22.1 Å². The molecule has 2 nitrogen and oxygen atoms in total. The van der Waals surface area contributed by atoms with Crippen molar-refractivity contribution in [2.45, 2.75) is 12.5 Å². The summed E-state index contributed by atoms with van der Waals surface area (Å²) in [7, 11) is 1.65. The van der Waals surface area contributed by atoms with E-state index in [1.165, 1.54) is 0 Å². The van der Waals surface area contributed by atoms with E-state index in [2.05, 4.69) is 4.98 Å². The van der Waals surface area contributed by atoms with Crippen LogP contribution in [0.5, 0.6) is 0 Å². The highest BCUT2D eigenvalue weighted by atomic mass is 35.5. The summed E-state index contributed by atoms with van der Waals surface area (Å²) in [5.74, 6) is 0.543. The molecule has 0 aliphatic heterocycles. The molecule has 0 spiro atoms. The highest BCUT2D eigenvalue weighted by Crippen LogP contribution is 2.14. The quantitative estimate of drug-likeness (QED) is 0.660. The van der Waals surface area contributed by atoms with Crippen LogP contribution in [0.4, 0.5) is 0 Å². The van der Waals surface area contributed by atoms with E-state index >= 15 is 0 Å². The van der Waals surface area contributed by atoms with Gasteiger partial charge in [0.2, 0.25) is 0 Å². The number of halogens is 1. The molecule has 0 bridgehead atoms. The summed E-state index contributed by atoms with van der Waals surface area (Å²) in [4.78, 5) is 5.18. The Bertz CT molecular complexity index is 201. The van der Waals surface area contributed by atoms with E-state index in [1.807, 2.05) is 0 Å². The molecule has 0 unspecified atom stereocenters. The largest absolute Gasteiger partial charge is 0.378 e. The average molecular weight is 178 g/mol. The molecule has 1 aromatic rings. The fourth-order valence-corrected chi connectivity index (χ4v) is 1.58. The maximum Gasteiger partial charge on any atom is 0.119 e. The highest BCUT2D eigenvalue weighted by Gasteiger charge is 1.98. The van der Waals surface area contributed by atoms with Crippen molar-refractivity contribution < 1.29 is 4.74 Å². The van der Waals surface area contributed by atoms with Gasteiger partial charge < -0.3 is 4.74 Å². The van der Waals surface area contributed by atoms with Crippen LogP contribution in [0.3, 0.4) is 0 Å². The molecule has 0 amide bonds. The molecule has 1 rings (SSSR count). The van der Waals surface area contributed by atoms with E-state index < -0.39 is 0 Å². The number of ether oxygens (including phenoxy) is 1. The van der Waals surface area contributed by atoms with Gasteiger partial charge in [0.1, 0.15) is 5.01 Å². The molecule has 1 heterocycles. The Morgan fingerprint density at radius 1 is 1.80 bits per heavy atom. The Morgan fingerprint density at radius 3 is 3.10 bits per heavy atom. The van der Waals surface area contributed by atoms with E-state index in [9.17, 15) is 0 Å². The van der Waals surface area contributed by atoms with Gasteiger partial charge in [-0.1, -0.05) is 0 Å². The smallest absolute Gasteiger partial charge is 0.119 e. The van der Waals surface area contributed by atoms with Crippen molar-refractivity contribution in [2.75, 3.05) is 7.11 Å². The number of methoxy groups -OCH3 is 1. The lowest BCUT2D eigenvalue weighted by molar-refractivity contribution is 0.184. The first-order valence-corrected chi connectivity index (χ1v) is 4.20. The predicted octanol–water partition coefficient (Wildman–Crippen LogP) is 2.03. The van der Waals surface area contributed by atoms with Crippen molar-refractivity contribution in [1.29, 1.82) is 0 Å². The van der Waals surface area contributed by atoms with Crippen molar-refractivity contribution in [1.82, 2.24) is 4.98 Å². The maximum absolute atomic E-state index is 5.57. The zero-order chi connectivity index (χ0) is 7.40. The van der Waals surface area contributed by atoms with Crippen LogP contribution in [0.25, 0.3) is 0 Å². The van der Waals surface area contributed by atoms with Gasteiger partial charge in [-0.3, -0.25) is 0 Å². The summed E-state index contributed by atoms with van der Waals surface area (Å²) >= 11 is 7.16.